The number of hydrogen-bond donors (Lipinski definition) is 1. The van der Waals surface area contributed by atoms with Crippen LogP contribution < -0.4 is 4.74 Å². The Hall–Kier alpha value is -4.39. The third-order valence-electron chi connectivity index (χ3n) is 5.36. The highest BCUT2D eigenvalue weighted by molar-refractivity contribution is 6.12. The van der Waals surface area contributed by atoms with E-state index in [9.17, 15) is 5.11 Å². The minimum absolute atomic E-state index is 0.0900. The fourth-order valence-corrected chi connectivity index (χ4v) is 3.76. The molecule has 0 unspecified atom stereocenters. The van der Waals surface area contributed by atoms with Crippen LogP contribution in [0.25, 0.3) is 11.9 Å². The summed E-state index contributed by atoms with van der Waals surface area (Å²) in [5, 5.41) is 9.95. The lowest BCUT2D eigenvalue weighted by molar-refractivity contribution is -0.191. The molecular weight excluding hydrogens is 432 g/mol. The first-order chi connectivity index (χ1) is 16.7. The highest BCUT2D eigenvalue weighted by atomic mass is 16.5. The molecule has 1 aliphatic heterocycles. The summed E-state index contributed by atoms with van der Waals surface area (Å²) in [6.45, 7) is 1.10. The highest BCUT2D eigenvalue weighted by Gasteiger charge is 2.17. The Morgan fingerprint density at radius 2 is 1.91 bits per heavy atom. The summed E-state index contributed by atoms with van der Waals surface area (Å²) >= 11 is 0. The fourth-order valence-electron chi connectivity index (χ4n) is 3.76. The van der Waals surface area contributed by atoms with Gasteiger partial charge in [0.15, 0.2) is 0 Å². The van der Waals surface area contributed by atoms with Crippen molar-refractivity contribution in [3.63, 3.8) is 0 Å². The SMILES string of the molecule is O=C=O.OCc1cc2c(cc1OCc1ccccc1)CCN=C2/C=C/c1cnc2ncccn12. The van der Waals surface area contributed by atoms with Crippen molar-refractivity contribution in [2.24, 2.45) is 4.99 Å². The molecule has 0 radical (unpaired) electrons. The van der Waals surface area contributed by atoms with Gasteiger partial charge in [0.25, 0.3) is 0 Å². The van der Waals surface area contributed by atoms with Crippen molar-refractivity contribution in [3.05, 3.63) is 101 Å². The van der Waals surface area contributed by atoms with Crippen LogP contribution in [0.2, 0.25) is 0 Å². The van der Waals surface area contributed by atoms with Crippen LogP contribution in [0.1, 0.15) is 27.9 Å². The van der Waals surface area contributed by atoms with E-state index in [1.807, 2.05) is 71.3 Å². The molecule has 0 saturated carbocycles. The summed E-state index contributed by atoms with van der Waals surface area (Å²) in [5.74, 6) is 1.39. The number of allylic oxidation sites excluding steroid dienone is 1. The van der Waals surface area contributed by atoms with Gasteiger partial charge in [0, 0.05) is 30.1 Å². The Labute approximate surface area is 195 Å². The smallest absolute Gasteiger partial charge is 0.373 e. The molecule has 0 saturated heterocycles. The first kappa shape index (κ1) is 22.8. The van der Waals surface area contributed by atoms with E-state index >= 15 is 0 Å². The molecule has 3 heterocycles. The van der Waals surface area contributed by atoms with Gasteiger partial charge >= 0.3 is 6.15 Å². The molecule has 0 bridgehead atoms. The van der Waals surface area contributed by atoms with E-state index in [2.05, 4.69) is 9.97 Å². The van der Waals surface area contributed by atoms with Crippen molar-refractivity contribution in [1.82, 2.24) is 14.4 Å². The minimum atomic E-state index is -0.0900. The molecule has 170 valence electrons. The normalized spacial score (nSPS) is 12.4. The molecule has 5 rings (SSSR count). The van der Waals surface area contributed by atoms with E-state index < -0.39 is 0 Å². The second-order valence-electron chi connectivity index (χ2n) is 7.46. The molecule has 8 nitrogen and oxygen atoms in total. The Morgan fingerprint density at radius 3 is 2.71 bits per heavy atom. The Kier molecular flexibility index (Phi) is 7.35. The molecule has 34 heavy (non-hydrogen) atoms. The van der Waals surface area contributed by atoms with E-state index in [-0.39, 0.29) is 12.8 Å². The number of aliphatic hydroxyl groups excluding tert-OH is 1. The van der Waals surface area contributed by atoms with Crippen LogP contribution in [0.5, 0.6) is 5.75 Å². The second-order valence-corrected chi connectivity index (χ2v) is 7.46. The third-order valence-corrected chi connectivity index (χ3v) is 5.36. The lowest BCUT2D eigenvalue weighted by Crippen LogP contribution is -2.13. The standard InChI is InChI=1S/C25H22N4O2.CO2/c30-16-20-13-22-19(14-24(20)31-17-18-5-2-1-3-6-18)9-11-26-23(22)8-7-21-15-28-25-27-10-4-12-29(21)25;2-1-3/h1-8,10,12-15,30H,9,11,16-17H2;/b8-7+;. The average molecular weight is 454 g/mol. The summed E-state index contributed by atoms with van der Waals surface area (Å²) in [6.07, 6.45) is 10.5. The topological polar surface area (TPSA) is 106 Å². The van der Waals surface area contributed by atoms with Crippen LogP contribution in [0.15, 0.2) is 78.2 Å². The number of nitrogens with zero attached hydrogens (tertiary/aromatic N) is 4. The Balaban J connectivity index is 0.000000868. The first-order valence-corrected chi connectivity index (χ1v) is 10.7. The molecule has 1 aliphatic rings. The quantitative estimate of drug-likeness (QED) is 0.479. The number of aliphatic imine (C=N–C) groups is 1. The average Bonchev–Trinajstić information content (AvgIpc) is 3.30. The molecule has 2 aromatic heterocycles. The van der Waals surface area contributed by atoms with Crippen LogP contribution in [0.3, 0.4) is 0 Å². The third kappa shape index (κ3) is 5.15. The van der Waals surface area contributed by atoms with Crippen molar-refractivity contribution in [2.75, 3.05) is 6.54 Å². The van der Waals surface area contributed by atoms with Gasteiger partial charge in [0.1, 0.15) is 12.4 Å². The van der Waals surface area contributed by atoms with Crippen LogP contribution in [-0.4, -0.2) is 37.9 Å². The molecule has 0 atom stereocenters. The van der Waals surface area contributed by atoms with Crippen molar-refractivity contribution in [1.29, 1.82) is 0 Å². The number of imidazole rings is 1. The van der Waals surface area contributed by atoms with Gasteiger partial charge in [0.05, 0.1) is 24.2 Å². The van der Waals surface area contributed by atoms with E-state index in [0.717, 1.165) is 46.8 Å². The molecule has 2 aromatic carbocycles. The second kappa shape index (κ2) is 11.0. The van der Waals surface area contributed by atoms with E-state index in [0.29, 0.717) is 12.4 Å². The largest absolute Gasteiger partial charge is 0.489 e. The summed E-state index contributed by atoms with van der Waals surface area (Å²) in [6, 6.07) is 16.0. The molecule has 8 heteroatoms. The van der Waals surface area contributed by atoms with Crippen molar-refractivity contribution < 1.29 is 19.4 Å². The predicted octanol–water partition coefficient (Wildman–Crippen LogP) is 3.28. The number of fused-ring (bicyclic) bond motifs is 2. The zero-order chi connectivity index (χ0) is 23.8. The first-order valence-electron chi connectivity index (χ1n) is 10.7. The van der Waals surface area contributed by atoms with Crippen molar-refractivity contribution in [3.8, 4) is 5.75 Å². The van der Waals surface area contributed by atoms with Gasteiger partial charge in [0.2, 0.25) is 5.78 Å². The number of ether oxygens (including phenoxy) is 1. The zero-order valence-corrected chi connectivity index (χ0v) is 18.3. The zero-order valence-electron chi connectivity index (χ0n) is 18.3. The van der Waals surface area contributed by atoms with Crippen LogP contribution in [-0.2, 0) is 29.2 Å². The van der Waals surface area contributed by atoms with Crippen LogP contribution >= 0.6 is 0 Å². The van der Waals surface area contributed by atoms with Crippen molar-refractivity contribution in [2.45, 2.75) is 19.6 Å². The molecular formula is C26H22N4O4. The number of aromatic nitrogens is 3. The van der Waals surface area contributed by atoms with E-state index in [1.54, 1.807) is 12.4 Å². The molecule has 1 N–H and O–H groups in total. The summed E-state index contributed by atoms with van der Waals surface area (Å²) in [7, 11) is 0. The molecule has 0 fully saturated rings. The number of rotatable bonds is 6. The predicted molar refractivity (Wildman–Crippen MR) is 125 cm³/mol. The highest BCUT2D eigenvalue weighted by Crippen LogP contribution is 2.28. The molecule has 0 aliphatic carbocycles. The van der Waals surface area contributed by atoms with Crippen molar-refractivity contribution >= 4 is 23.7 Å². The van der Waals surface area contributed by atoms with Gasteiger partial charge < -0.3 is 9.84 Å². The molecule has 4 aromatic rings. The van der Waals surface area contributed by atoms with E-state index in [1.165, 1.54) is 5.56 Å². The maximum absolute atomic E-state index is 9.95. The van der Waals surface area contributed by atoms with Gasteiger partial charge in [-0.3, -0.25) is 9.39 Å². The summed E-state index contributed by atoms with van der Waals surface area (Å²) in [4.78, 5) is 29.5. The van der Waals surface area contributed by atoms with Crippen LogP contribution in [0, 0.1) is 0 Å². The molecule has 0 spiro atoms. The maximum atomic E-state index is 9.95. The minimum Gasteiger partial charge on any atom is -0.489 e. The maximum Gasteiger partial charge on any atom is 0.373 e. The summed E-state index contributed by atoms with van der Waals surface area (Å²) in [5.41, 5.74) is 5.89. The Bertz CT molecular complexity index is 1370. The Morgan fingerprint density at radius 1 is 1.09 bits per heavy atom. The number of aliphatic hydroxyl groups is 1. The summed E-state index contributed by atoms with van der Waals surface area (Å²) < 4.78 is 7.98. The van der Waals surface area contributed by atoms with Gasteiger partial charge in [-0.05, 0) is 47.9 Å². The van der Waals surface area contributed by atoms with Crippen LogP contribution in [0.4, 0.5) is 0 Å². The lowest BCUT2D eigenvalue weighted by atomic mass is 9.94. The van der Waals surface area contributed by atoms with Gasteiger partial charge in [-0.1, -0.05) is 30.3 Å². The number of carbonyl (C=O) groups excluding carboxylic acids is 2. The molecule has 0 amide bonds. The number of benzene rings is 2. The monoisotopic (exact) mass is 454 g/mol. The number of hydrogen-bond acceptors (Lipinski definition) is 7. The van der Waals surface area contributed by atoms with E-state index in [4.69, 9.17) is 19.3 Å². The van der Waals surface area contributed by atoms with Gasteiger partial charge in [-0.2, -0.15) is 9.59 Å². The fraction of sp³-hybridized carbons (Fsp3) is 0.154. The van der Waals surface area contributed by atoms with Gasteiger partial charge in [-0.15, -0.1) is 0 Å². The lowest BCUT2D eigenvalue weighted by Gasteiger charge is -2.19. The van der Waals surface area contributed by atoms with Gasteiger partial charge in [-0.25, -0.2) is 9.97 Å².